The van der Waals surface area contributed by atoms with Crippen molar-refractivity contribution >= 4 is 9.84 Å². The van der Waals surface area contributed by atoms with E-state index in [0.29, 0.717) is 19.8 Å². The monoisotopic (exact) mass is 231 g/mol. The van der Waals surface area contributed by atoms with Gasteiger partial charge in [0.15, 0.2) is 0 Å². The Morgan fingerprint density at radius 2 is 1.93 bits per heavy atom. The van der Waals surface area contributed by atoms with Crippen molar-refractivity contribution in [1.29, 1.82) is 0 Å². The minimum atomic E-state index is -3.22. The summed E-state index contributed by atoms with van der Waals surface area (Å²) in [4.78, 5) is 2.09. The first-order valence-electron chi connectivity index (χ1n) is 5.06. The molecule has 15 heavy (non-hydrogen) atoms. The second-order valence-electron chi connectivity index (χ2n) is 3.76. The molecular formula is C10H17NO3S. The Morgan fingerprint density at radius 3 is 2.47 bits per heavy atom. The molecule has 1 aliphatic heterocycles. The first kappa shape index (κ1) is 12.5. The third-order valence-electron chi connectivity index (χ3n) is 2.24. The number of hydrogen-bond acceptors (Lipinski definition) is 4. The van der Waals surface area contributed by atoms with Crippen molar-refractivity contribution in [2.75, 3.05) is 32.8 Å². The van der Waals surface area contributed by atoms with E-state index >= 15 is 0 Å². The van der Waals surface area contributed by atoms with Crippen LogP contribution in [0, 0.1) is 11.2 Å². The topological polar surface area (TPSA) is 46.6 Å². The first-order valence-corrected chi connectivity index (χ1v) is 6.60. The van der Waals surface area contributed by atoms with Gasteiger partial charge in [-0.2, -0.15) is 0 Å². The fourth-order valence-corrected chi connectivity index (χ4v) is 1.62. The van der Waals surface area contributed by atoms with Gasteiger partial charge >= 0.3 is 0 Å². The first-order chi connectivity index (χ1) is 7.02. The molecule has 0 atom stereocenters. The van der Waals surface area contributed by atoms with Crippen LogP contribution in [0.15, 0.2) is 0 Å². The standard InChI is InChI=1S/C10H17NO3S/c1-10(2)15(12,13)9-3-4-11-5-7-14-8-6-11/h10H,4-8H2,1-2H3. The number of ether oxygens (including phenoxy) is 1. The summed E-state index contributed by atoms with van der Waals surface area (Å²) in [7, 11) is -3.22. The van der Waals surface area contributed by atoms with Crippen molar-refractivity contribution in [3.63, 3.8) is 0 Å². The van der Waals surface area contributed by atoms with Crippen LogP contribution < -0.4 is 0 Å². The summed E-state index contributed by atoms with van der Waals surface area (Å²) in [6.45, 7) is 6.86. The van der Waals surface area contributed by atoms with Crippen LogP contribution in [0.5, 0.6) is 0 Å². The van der Waals surface area contributed by atoms with Crippen molar-refractivity contribution in [1.82, 2.24) is 4.90 Å². The minimum absolute atomic E-state index is 0.422. The summed E-state index contributed by atoms with van der Waals surface area (Å²) < 4.78 is 27.9. The molecule has 0 spiro atoms. The molecule has 1 saturated heterocycles. The van der Waals surface area contributed by atoms with Crippen LogP contribution in [-0.2, 0) is 14.6 Å². The summed E-state index contributed by atoms with van der Waals surface area (Å²) in [6.07, 6.45) is 0. The van der Waals surface area contributed by atoms with E-state index < -0.39 is 15.1 Å². The number of nitrogens with zero attached hydrogens (tertiary/aromatic N) is 1. The van der Waals surface area contributed by atoms with Crippen LogP contribution in [0.2, 0.25) is 0 Å². The number of sulfone groups is 1. The Balaban J connectivity index is 2.45. The molecule has 0 aromatic heterocycles. The van der Waals surface area contributed by atoms with Crippen LogP contribution in [0.25, 0.3) is 0 Å². The zero-order chi connectivity index (χ0) is 11.3. The molecule has 1 aliphatic rings. The smallest absolute Gasteiger partial charge is 0.219 e. The molecule has 0 N–H and O–H groups in total. The zero-order valence-corrected chi connectivity index (χ0v) is 10.0. The van der Waals surface area contributed by atoms with Gasteiger partial charge in [-0.15, -0.1) is 0 Å². The molecular weight excluding hydrogens is 214 g/mol. The van der Waals surface area contributed by atoms with Gasteiger partial charge < -0.3 is 4.74 Å². The predicted octanol–water partition coefficient (Wildman–Crippen LogP) is 0.103. The van der Waals surface area contributed by atoms with Crippen molar-refractivity contribution in [2.45, 2.75) is 19.1 Å². The van der Waals surface area contributed by atoms with E-state index in [2.05, 4.69) is 16.1 Å². The highest BCUT2D eigenvalue weighted by Crippen LogP contribution is 1.98. The lowest BCUT2D eigenvalue weighted by atomic mass is 10.4. The fraction of sp³-hybridized carbons (Fsp3) is 0.800. The average Bonchev–Trinajstić information content (AvgIpc) is 2.19. The maximum atomic E-state index is 11.4. The average molecular weight is 231 g/mol. The molecule has 1 rings (SSSR count). The lowest BCUT2D eigenvalue weighted by Crippen LogP contribution is -2.36. The molecule has 0 aromatic carbocycles. The Bertz CT molecular complexity index is 345. The highest BCUT2D eigenvalue weighted by molar-refractivity contribution is 7.96. The van der Waals surface area contributed by atoms with Gasteiger partial charge in [0.1, 0.15) is 0 Å². The quantitative estimate of drug-likeness (QED) is 0.499. The van der Waals surface area contributed by atoms with Crippen molar-refractivity contribution in [3.8, 4) is 11.2 Å². The molecule has 5 heteroatoms. The van der Waals surface area contributed by atoms with E-state index in [1.165, 1.54) is 0 Å². The van der Waals surface area contributed by atoms with Gasteiger partial charge in [-0.3, -0.25) is 4.90 Å². The molecule has 0 unspecified atom stereocenters. The largest absolute Gasteiger partial charge is 0.379 e. The van der Waals surface area contributed by atoms with Gasteiger partial charge in [-0.05, 0) is 13.8 Å². The van der Waals surface area contributed by atoms with E-state index in [1.807, 2.05) is 0 Å². The highest BCUT2D eigenvalue weighted by Gasteiger charge is 2.12. The summed E-state index contributed by atoms with van der Waals surface area (Å²) in [6, 6.07) is 0. The number of rotatable bonds is 2. The van der Waals surface area contributed by atoms with E-state index in [9.17, 15) is 8.42 Å². The van der Waals surface area contributed by atoms with Gasteiger partial charge in [-0.1, -0.05) is 5.92 Å². The molecule has 1 heterocycles. The second kappa shape index (κ2) is 5.50. The molecule has 0 saturated carbocycles. The zero-order valence-electron chi connectivity index (χ0n) is 9.19. The van der Waals surface area contributed by atoms with Gasteiger partial charge in [0.05, 0.1) is 25.0 Å². The summed E-state index contributed by atoms with van der Waals surface area (Å²) in [5.74, 6) is 2.71. The molecule has 86 valence electrons. The summed E-state index contributed by atoms with van der Waals surface area (Å²) >= 11 is 0. The van der Waals surface area contributed by atoms with Crippen LogP contribution in [0.3, 0.4) is 0 Å². The molecule has 1 fully saturated rings. The Labute approximate surface area is 91.5 Å². The lowest BCUT2D eigenvalue weighted by molar-refractivity contribution is 0.0443. The van der Waals surface area contributed by atoms with Crippen LogP contribution in [0.1, 0.15) is 13.8 Å². The third-order valence-corrected chi connectivity index (χ3v) is 3.91. The van der Waals surface area contributed by atoms with Crippen molar-refractivity contribution < 1.29 is 13.2 Å². The van der Waals surface area contributed by atoms with E-state index in [1.54, 1.807) is 13.8 Å². The van der Waals surface area contributed by atoms with Crippen molar-refractivity contribution in [2.24, 2.45) is 0 Å². The number of hydrogen-bond donors (Lipinski definition) is 0. The molecule has 0 radical (unpaired) electrons. The summed E-state index contributed by atoms with van der Waals surface area (Å²) in [5.41, 5.74) is 0. The highest BCUT2D eigenvalue weighted by atomic mass is 32.2. The second-order valence-corrected chi connectivity index (χ2v) is 6.00. The third kappa shape index (κ3) is 4.20. The summed E-state index contributed by atoms with van der Waals surface area (Å²) in [5, 5.41) is 1.92. The van der Waals surface area contributed by atoms with Crippen LogP contribution in [0.4, 0.5) is 0 Å². The number of morpholine rings is 1. The molecule has 0 aromatic rings. The molecule has 0 amide bonds. The van der Waals surface area contributed by atoms with Gasteiger partial charge in [-0.25, -0.2) is 8.42 Å². The van der Waals surface area contributed by atoms with Gasteiger partial charge in [0.2, 0.25) is 9.84 Å². The SMILES string of the molecule is CC(C)S(=O)(=O)C#CCN1CCOCC1. The van der Waals surface area contributed by atoms with E-state index in [4.69, 9.17) is 4.74 Å². The van der Waals surface area contributed by atoms with Gasteiger partial charge in [0, 0.05) is 18.3 Å². The minimum Gasteiger partial charge on any atom is -0.379 e. The maximum absolute atomic E-state index is 11.4. The maximum Gasteiger partial charge on any atom is 0.219 e. The Hall–Kier alpha value is -0.570. The van der Waals surface area contributed by atoms with Crippen LogP contribution >= 0.6 is 0 Å². The lowest BCUT2D eigenvalue weighted by Gasteiger charge is -2.24. The molecule has 4 nitrogen and oxygen atoms in total. The fourth-order valence-electron chi connectivity index (χ4n) is 1.12. The van der Waals surface area contributed by atoms with E-state index in [-0.39, 0.29) is 0 Å². The van der Waals surface area contributed by atoms with E-state index in [0.717, 1.165) is 13.1 Å². The van der Waals surface area contributed by atoms with Gasteiger partial charge in [0.25, 0.3) is 0 Å². The van der Waals surface area contributed by atoms with Crippen LogP contribution in [-0.4, -0.2) is 51.4 Å². The Morgan fingerprint density at radius 1 is 1.33 bits per heavy atom. The normalized spacial score (nSPS) is 18.6. The Kier molecular flexibility index (Phi) is 4.58. The van der Waals surface area contributed by atoms with Crippen molar-refractivity contribution in [3.05, 3.63) is 0 Å². The molecule has 0 bridgehead atoms. The predicted molar refractivity (Wildman–Crippen MR) is 59.1 cm³/mol. The molecule has 0 aliphatic carbocycles.